The molecule has 6 atom stereocenters. The van der Waals surface area contributed by atoms with Crippen molar-refractivity contribution < 1.29 is 80.2 Å². The van der Waals surface area contributed by atoms with Gasteiger partial charge in [0, 0.05) is 25.7 Å². The molecule has 0 aliphatic heterocycles. The molecule has 0 spiro atoms. The minimum atomic E-state index is -4.96. The van der Waals surface area contributed by atoms with Gasteiger partial charge in [0.1, 0.15) is 19.3 Å². The Morgan fingerprint density at radius 2 is 0.505 bits per heavy atom. The third-order valence-electron chi connectivity index (χ3n) is 17.9. The van der Waals surface area contributed by atoms with E-state index in [1.54, 1.807) is 0 Å². The number of carbonyl (C=O) groups excluding carboxylic acids is 4. The molecular weight excluding hydrogens is 1250 g/mol. The minimum Gasteiger partial charge on any atom is -0.462 e. The number of carbonyl (C=O) groups is 4. The van der Waals surface area contributed by atoms with Crippen molar-refractivity contribution in [3.05, 3.63) is 0 Å². The molecule has 0 amide bonds. The molecule has 95 heavy (non-hydrogen) atoms. The molecule has 0 heterocycles. The van der Waals surface area contributed by atoms with E-state index in [2.05, 4.69) is 55.4 Å². The van der Waals surface area contributed by atoms with Gasteiger partial charge >= 0.3 is 39.5 Å². The highest BCUT2D eigenvalue weighted by Crippen LogP contribution is 2.45. The summed E-state index contributed by atoms with van der Waals surface area (Å²) in [5.74, 6) is 0.945. The molecule has 0 fully saturated rings. The zero-order valence-corrected chi connectivity index (χ0v) is 64.1. The predicted octanol–water partition coefficient (Wildman–Crippen LogP) is 22.0. The van der Waals surface area contributed by atoms with E-state index in [0.29, 0.717) is 25.7 Å². The SMILES string of the molecule is CCC(C)CCCCCCCCC(=O)OC[C@H](COP(=O)(O)OC[C@H](O)COP(=O)(O)OC[C@@H](COC(=O)CCCCCCCCCCCCCCC(C)C)OC(=O)CCCCCCCCCCCCCCC(C)C)OC(=O)CCCCCCCCCCCCCCC(C)C. The summed E-state index contributed by atoms with van der Waals surface area (Å²) in [5.41, 5.74) is 0. The van der Waals surface area contributed by atoms with Crippen molar-refractivity contribution in [1.82, 2.24) is 0 Å². The predicted molar refractivity (Wildman–Crippen MR) is 386 cm³/mol. The first kappa shape index (κ1) is 93.1. The number of aliphatic hydroxyl groups is 1. The van der Waals surface area contributed by atoms with Gasteiger partial charge in [0.25, 0.3) is 0 Å². The number of ether oxygens (including phenoxy) is 4. The molecule has 0 aromatic rings. The van der Waals surface area contributed by atoms with Gasteiger partial charge in [0.2, 0.25) is 0 Å². The molecule has 0 aliphatic carbocycles. The topological polar surface area (TPSA) is 237 Å². The Morgan fingerprint density at radius 1 is 0.295 bits per heavy atom. The smallest absolute Gasteiger partial charge is 0.462 e. The Balaban J connectivity index is 5.26. The number of esters is 4. The van der Waals surface area contributed by atoms with Crippen molar-refractivity contribution in [2.24, 2.45) is 23.7 Å². The number of rotatable bonds is 73. The average Bonchev–Trinajstić information content (AvgIpc) is 2.64. The van der Waals surface area contributed by atoms with Crippen molar-refractivity contribution in [2.45, 2.75) is 401 Å². The van der Waals surface area contributed by atoms with Crippen LogP contribution in [0.15, 0.2) is 0 Å². The number of phosphoric ester groups is 2. The second-order valence-corrected chi connectivity index (χ2v) is 32.0. The average molecular weight is 1400 g/mol. The van der Waals surface area contributed by atoms with Crippen LogP contribution in [0.5, 0.6) is 0 Å². The lowest BCUT2D eigenvalue weighted by molar-refractivity contribution is -0.161. The number of unbranched alkanes of at least 4 members (excludes halogenated alkanes) is 38. The third kappa shape index (κ3) is 69.0. The molecule has 0 aromatic carbocycles. The third-order valence-corrected chi connectivity index (χ3v) is 19.8. The number of aliphatic hydroxyl groups excluding tert-OH is 1. The second kappa shape index (κ2) is 65.4. The number of phosphoric acid groups is 2. The van der Waals surface area contributed by atoms with E-state index in [1.807, 2.05) is 0 Å². The van der Waals surface area contributed by atoms with Gasteiger partial charge in [-0.2, -0.15) is 0 Å². The Morgan fingerprint density at radius 3 is 0.747 bits per heavy atom. The molecule has 0 bridgehead atoms. The fourth-order valence-corrected chi connectivity index (χ4v) is 13.1. The van der Waals surface area contributed by atoms with E-state index in [0.717, 1.165) is 120 Å². The zero-order chi connectivity index (χ0) is 70.3. The van der Waals surface area contributed by atoms with Gasteiger partial charge in [0.15, 0.2) is 12.2 Å². The molecule has 0 radical (unpaired) electrons. The lowest BCUT2D eigenvalue weighted by Gasteiger charge is -2.21. The summed E-state index contributed by atoms with van der Waals surface area (Å²) in [6.07, 6.45) is 49.9. The van der Waals surface area contributed by atoms with E-state index >= 15 is 0 Å². The Kier molecular flexibility index (Phi) is 64.0. The maximum atomic E-state index is 13.1. The van der Waals surface area contributed by atoms with Crippen molar-refractivity contribution in [3.63, 3.8) is 0 Å². The van der Waals surface area contributed by atoms with E-state index in [9.17, 15) is 43.2 Å². The van der Waals surface area contributed by atoms with Gasteiger partial charge in [0.05, 0.1) is 26.4 Å². The van der Waals surface area contributed by atoms with Gasteiger partial charge in [-0.1, -0.05) is 331 Å². The number of hydrogen-bond acceptors (Lipinski definition) is 15. The maximum Gasteiger partial charge on any atom is 0.472 e. The summed E-state index contributed by atoms with van der Waals surface area (Å²) in [5, 5.41) is 10.6. The van der Waals surface area contributed by atoms with Crippen LogP contribution in [0.25, 0.3) is 0 Å². The van der Waals surface area contributed by atoms with Crippen LogP contribution in [0, 0.1) is 23.7 Å². The molecule has 17 nitrogen and oxygen atoms in total. The molecule has 3 unspecified atom stereocenters. The highest BCUT2D eigenvalue weighted by Gasteiger charge is 2.30. The van der Waals surface area contributed by atoms with Crippen molar-refractivity contribution in [1.29, 1.82) is 0 Å². The highest BCUT2D eigenvalue weighted by atomic mass is 31.2. The van der Waals surface area contributed by atoms with Crippen molar-refractivity contribution in [3.8, 4) is 0 Å². The van der Waals surface area contributed by atoms with Crippen LogP contribution in [0.1, 0.15) is 383 Å². The van der Waals surface area contributed by atoms with Crippen molar-refractivity contribution >= 4 is 39.5 Å². The van der Waals surface area contributed by atoms with Gasteiger partial charge in [-0.25, -0.2) is 9.13 Å². The lowest BCUT2D eigenvalue weighted by Crippen LogP contribution is -2.30. The lowest BCUT2D eigenvalue weighted by atomic mass is 10.00. The maximum absolute atomic E-state index is 13.1. The summed E-state index contributed by atoms with van der Waals surface area (Å²) in [7, 11) is -9.91. The first-order valence-electron chi connectivity index (χ1n) is 39.2. The monoisotopic (exact) mass is 1400 g/mol. The molecule has 0 rings (SSSR count). The van der Waals surface area contributed by atoms with E-state index < -0.39 is 97.5 Å². The van der Waals surface area contributed by atoms with Crippen LogP contribution in [0.2, 0.25) is 0 Å². The summed E-state index contributed by atoms with van der Waals surface area (Å²) >= 11 is 0. The fourth-order valence-electron chi connectivity index (χ4n) is 11.5. The van der Waals surface area contributed by atoms with Crippen LogP contribution >= 0.6 is 15.6 Å². The number of hydrogen-bond donors (Lipinski definition) is 3. The van der Waals surface area contributed by atoms with Crippen LogP contribution in [0.3, 0.4) is 0 Å². The van der Waals surface area contributed by atoms with E-state index in [4.69, 9.17) is 37.0 Å². The minimum absolute atomic E-state index is 0.106. The fraction of sp³-hybridized carbons (Fsp3) is 0.947. The summed E-state index contributed by atoms with van der Waals surface area (Å²) in [6, 6.07) is 0. The molecule has 3 N–H and O–H groups in total. The highest BCUT2D eigenvalue weighted by molar-refractivity contribution is 7.47. The van der Waals surface area contributed by atoms with Crippen molar-refractivity contribution in [2.75, 3.05) is 39.6 Å². The molecule has 0 aliphatic rings. The Labute approximate surface area is 581 Å². The summed E-state index contributed by atoms with van der Waals surface area (Å²) < 4.78 is 68.5. The first-order valence-corrected chi connectivity index (χ1v) is 42.2. The summed E-state index contributed by atoms with van der Waals surface area (Å²) in [6.45, 7) is 14.2. The molecule has 0 aromatic heterocycles. The van der Waals surface area contributed by atoms with Crippen LogP contribution in [-0.2, 0) is 65.4 Å². The second-order valence-electron chi connectivity index (χ2n) is 29.1. The first-order chi connectivity index (χ1) is 45.6. The Hall–Kier alpha value is -1.94. The molecule has 19 heteroatoms. The Bertz CT molecular complexity index is 1870. The molecule has 0 saturated carbocycles. The van der Waals surface area contributed by atoms with Crippen LogP contribution < -0.4 is 0 Å². The molecular formula is C76H148O17P2. The zero-order valence-electron chi connectivity index (χ0n) is 62.3. The quantitative estimate of drug-likeness (QED) is 0.0222. The van der Waals surface area contributed by atoms with Crippen LogP contribution in [-0.4, -0.2) is 96.7 Å². The molecule has 564 valence electrons. The van der Waals surface area contributed by atoms with Gasteiger partial charge in [-0.3, -0.25) is 37.3 Å². The normalized spacial score (nSPS) is 14.4. The van der Waals surface area contributed by atoms with Gasteiger partial charge in [-0.05, 0) is 49.4 Å². The van der Waals surface area contributed by atoms with Gasteiger partial charge < -0.3 is 33.8 Å². The van der Waals surface area contributed by atoms with E-state index in [-0.39, 0.29) is 25.7 Å². The summed E-state index contributed by atoms with van der Waals surface area (Å²) in [4.78, 5) is 72.8. The standard InChI is InChI=1S/C76H148O17P2/c1-9-69(8)55-47-39-34-35-41-49-57-74(79)87-63-72(93-76(81)59-51-43-33-27-21-15-12-18-24-30-38-46-54-68(6)7)65-91-95(84,85)89-61-70(77)60-88-94(82,83)90-64-71(92-75(80)58-50-42-32-26-20-14-11-17-23-29-37-45-53-67(4)5)62-86-73(78)56-48-40-31-25-19-13-10-16-22-28-36-44-52-66(2)3/h66-72,77H,9-65H2,1-8H3,(H,82,83)(H,84,85)/t69?,70-,71-,72-/m1/s1. The van der Waals surface area contributed by atoms with Crippen LogP contribution in [0.4, 0.5) is 0 Å². The van der Waals surface area contributed by atoms with Gasteiger partial charge in [-0.15, -0.1) is 0 Å². The molecule has 0 saturated heterocycles. The largest absolute Gasteiger partial charge is 0.472 e. The van der Waals surface area contributed by atoms with E-state index in [1.165, 1.54) is 180 Å².